The highest BCUT2D eigenvalue weighted by molar-refractivity contribution is 5.46. The average molecular weight is 296 g/mol. The molecule has 0 N–H and O–H groups in total. The van der Waals surface area contributed by atoms with E-state index in [9.17, 15) is 0 Å². The van der Waals surface area contributed by atoms with E-state index in [1.165, 1.54) is 24.0 Å². The first-order valence-electron chi connectivity index (χ1n) is 8.17. The van der Waals surface area contributed by atoms with Gasteiger partial charge in [0.15, 0.2) is 11.5 Å². The second kappa shape index (κ2) is 6.87. The minimum atomic E-state index is 0.344. The van der Waals surface area contributed by atoms with Crippen LogP contribution in [0.15, 0.2) is 48.5 Å². The zero-order valence-electron chi connectivity index (χ0n) is 13.4. The Hall–Kier alpha value is -1.96. The van der Waals surface area contributed by atoms with Crippen LogP contribution in [0.4, 0.5) is 0 Å². The predicted molar refractivity (Wildman–Crippen MR) is 89.8 cm³/mol. The van der Waals surface area contributed by atoms with Gasteiger partial charge in [0.1, 0.15) is 0 Å². The fourth-order valence-electron chi connectivity index (χ4n) is 3.17. The molecule has 2 nitrogen and oxygen atoms in total. The van der Waals surface area contributed by atoms with E-state index in [1.54, 1.807) is 7.11 Å². The van der Waals surface area contributed by atoms with E-state index < -0.39 is 0 Å². The Morgan fingerprint density at radius 3 is 2.32 bits per heavy atom. The monoisotopic (exact) mass is 296 g/mol. The van der Waals surface area contributed by atoms with Gasteiger partial charge in [0.25, 0.3) is 0 Å². The van der Waals surface area contributed by atoms with E-state index in [0.29, 0.717) is 12.0 Å². The van der Waals surface area contributed by atoms with Crippen molar-refractivity contribution in [3.8, 4) is 11.5 Å². The first kappa shape index (κ1) is 15.0. The van der Waals surface area contributed by atoms with Gasteiger partial charge < -0.3 is 9.47 Å². The molecule has 2 aromatic rings. The number of ether oxygens (including phenoxy) is 2. The van der Waals surface area contributed by atoms with Crippen LogP contribution in [0.25, 0.3) is 0 Å². The molecular formula is C20H24O2. The van der Waals surface area contributed by atoms with Crippen LogP contribution in [0.1, 0.15) is 49.7 Å². The smallest absolute Gasteiger partial charge is 0.161 e. The van der Waals surface area contributed by atoms with Crippen molar-refractivity contribution < 1.29 is 9.47 Å². The number of benzene rings is 2. The fraction of sp³-hybridized carbons (Fsp3) is 0.400. The highest BCUT2D eigenvalue weighted by Crippen LogP contribution is 2.35. The summed E-state index contributed by atoms with van der Waals surface area (Å²) in [5.74, 6) is 2.06. The van der Waals surface area contributed by atoms with Gasteiger partial charge >= 0.3 is 0 Å². The third-order valence-electron chi connectivity index (χ3n) is 4.58. The van der Waals surface area contributed by atoms with Crippen LogP contribution in [0.3, 0.4) is 0 Å². The van der Waals surface area contributed by atoms with Gasteiger partial charge in [0.2, 0.25) is 0 Å². The summed E-state index contributed by atoms with van der Waals surface area (Å²) in [6, 6.07) is 16.9. The minimum Gasteiger partial charge on any atom is -0.493 e. The van der Waals surface area contributed by atoms with Gasteiger partial charge in [-0.25, -0.2) is 0 Å². The maximum absolute atomic E-state index is 6.20. The Bertz CT molecular complexity index is 600. The van der Waals surface area contributed by atoms with Crippen molar-refractivity contribution in [2.24, 2.45) is 0 Å². The normalized spacial score (nSPS) is 16.5. The Balaban J connectivity index is 1.85. The van der Waals surface area contributed by atoms with E-state index in [0.717, 1.165) is 24.3 Å². The molecule has 0 radical (unpaired) electrons. The lowest BCUT2D eigenvalue weighted by Crippen LogP contribution is -2.12. The summed E-state index contributed by atoms with van der Waals surface area (Å²) in [6.45, 7) is 2.23. The van der Waals surface area contributed by atoms with Crippen LogP contribution in [0.5, 0.6) is 11.5 Å². The summed E-state index contributed by atoms with van der Waals surface area (Å²) in [5.41, 5.74) is 2.58. The van der Waals surface area contributed by atoms with Gasteiger partial charge in [-0.3, -0.25) is 0 Å². The molecular weight excluding hydrogens is 272 g/mol. The van der Waals surface area contributed by atoms with Crippen molar-refractivity contribution >= 4 is 0 Å². The van der Waals surface area contributed by atoms with Gasteiger partial charge in [-0.1, -0.05) is 43.3 Å². The van der Waals surface area contributed by atoms with Crippen molar-refractivity contribution in [2.75, 3.05) is 7.11 Å². The molecule has 1 aliphatic rings. The van der Waals surface area contributed by atoms with Crippen molar-refractivity contribution in [3.05, 3.63) is 59.7 Å². The molecule has 0 spiro atoms. The molecule has 2 heteroatoms. The predicted octanol–water partition coefficient (Wildman–Crippen LogP) is 5.17. The molecule has 1 fully saturated rings. The van der Waals surface area contributed by atoms with Gasteiger partial charge in [-0.05, 0) is 48.9 Å². The second-order valence-electron chi connectivity index (χ2n) is 6.07. The van der Waals surface area contributed by atoms with Gasteiger partial charge in [0.05, 0.1) is 13.2 Å². The second-order valence-corrected chi connectivity index (χ2v) is 6.07. The van der Waals surface area contributed by atoms with Crippen LogP contribution in [-0.4, -0.2) is 13.2 Å². The lowest BCUT2D eigenvalue weighted by atomic mass is 9.93. The molecule has 2 aromatic carbocycles. The molecule has 0 aromatic heterocycles. The van der Waals surface area contributed by atoms with Crippen molar-refractivity contribution in [3.63, 3.8) is 0 Å². The van der Waals surface area contributed by atoms with Crippen molar-refractivity contribution in [1.29, 1.82) is 0 Å². The SMILES string of the molecule is COc1ccc(C(C)c2ccccc2)cc1OC1CCCC1. The summed E-state index contributed by atoms with van der Waals surface area (Å²) >= 11 is 0. The fourth-order valence-corrected chi connectivity index (χ4v) is 3.17. The Kier molecular flexibility index (Phi) is 4.67. The maximum Gasteiger partial charge on any atom is 0.161 e. The molecule has 0 bridgehead atoms. The van der Waals surface area contributed by atoms with Crippen molar-refractivity contribution in [1.82, 2.24) is 0 Å². The first-order chi connectivity index (χ1) is 10.8. The minimum absolute atomic E-state index is 0.344. The lowest BCUT2D eigenvalue weighted by molar-refractivity contribution is 0.200. The lowest BCUT2D eigenvalue weighted by Gasteiger charge is -2.19. The molecule has 1 atom stereocenters. The zero-order chi connectivity index (χ0) is 15.4. The van der Waals surface area contributed by atoms with E-state index >= 15 is 0 Å². The Labute approximate surface area is 133 Å². The molecule has 1 unspecified atom stereocenters. The highest BCUT2D eigenvalue weighted by atomic mass is 16.5. The average Bonchev–Trinajstić information content (AvgIpc) is 3.08. The third kappa shape index (κ3) is 3.27. The maximum atomic E-state index is 6.20. The summed E-state index contributed by atoms with van der Waals surface area (Å²) < 4.78 is 11.7. The molecule has 116 valence electrons. The molecule has 22 heavy (non-hydrogen) atoms. The highest BCUT2D eigenvalue weighted by Gasteiger charge is 2.19. The summed E-state index contributed by atoms with van der Waals surface area (Å²) in [4.78, 5) is 0. The summed E-state index contributed by atoms with van der Waals surface area (Å²) in [5, 5.41) is 0. The molecule has 1 saturated carbocycles. The van der Waals surface area contributed by atoms with Crippen LogP contribution in [0.2, 0.25) is 0 Å². The van der Waals surface area contributed by atoms with E-state index in [2.05, 4.69) is 49.4 Å². The van der Waals surface area contributed by atoms with Gasteiger partial charge in [-0.15, -0.1) is 0 Å². The molecule has 0 amide bonds. The number of rotatable bonds is 5. The van der Waals surface area contributed by atoms with E-state index in [-0.39, 0.29) is 0 Å². The van der Waals surface area contributed by atoms with Crippen LogP contribution in [0, 0.1) is 0 Å². The molecule has 3 rings (SSSR count). The largest absolute Gasteiger partial charge is 0.493 e. The first-order valence-corrected chi connectivity index (χ1v) is 8.17. The van der Waals surface area contributed by atoms with Crippen LogP contribution < -0.4 is 9.47 Å². The number of methoxy groups -OCH3 is 1. The summed E-state index contributed by atoms with van der Waals surface area (Å²) in [7, 11) is 1.71. The number of hydrogen-bond acceptors (Lipinski definition) is 2. The molecule has 0 aliphatic heterocycles. The Morgan fingerprint density at radius 2 is 1.64 bits per heavy atom. The topological polar surface area (TPSA) is 18.5 Å². The molecule has 0 saturated heterocycles. The Morgan fingerprint density at radius 1 is 0.909 bits per heavy atom. The van der Waals surface area contributed by atoms with Crippen LogP contribution >= 0.6 is 0 Å². The number of hydrogen-bond donors (Lipinski definition) is 0. The molecule has 0 heterocycles. The van der Waals surface area contributed by atoms with Gasteiger partial charge in [0, 0.05) is 5.92 Å². The van der Waals surface area contributed by atoms with E-state index in [4.69, 9.17) is 9.47 Å². The van der Waals surface area contributed by atoms with Crippen molar-refractivity contribution in [2.45, 2.75) is 44.6 Å². The standard InChI is InChI=1S/C20H24O2/c1-15(16-8-4-3-5-9-16)17-12-13-19(21-2)20(14-17)22-18-10-6-7-11-18/h3-5,8-9,12-15,18H,6-7,10-11H2,1-2H3. The third-order valence-corrected chi connectivity index (χ3v) is 4.58. The zero-order valence-corrected chi connectivity index (χ0v) is 13.4. The van der Waals surface area contributed by atoms with Gasteiger partial charge in [-0.2, -0.15) is 0 Å². The quantitative estimate of drug-likeness (QED) is 0.758. The summed E-state index contributed by atoms with van der Waals surface area (Å²) in [6.07, 6.45) is 5.19. The molecule has 1 aliphatic carbocycles. The van der Waals surface area contributed by atoms with E-state index in [1.807, 2.05) is 6.07 Å². The van der Waals surface area contributed by atoms with Crippen LogP contribution in [-0.2, 0) is 0 Å².